The molecule has 0 spiro atoms. The standard InChI is InChI=1S/C16H18FNO5S/c1-6-4-7(2-3-9(6)17)24-5-8-13(19)10-11(14(20)21)12(10)16(8,18)15(22)23/h2-4,8,10-13,19H,5,18H2,1H3,(H,20,21)(H,22,23). The second kappa shape index (κ2) is 5.72. The Balaban J connectivity index is 1.79. The van der Waals surface area contributed by atoms with E-state index in [1.165, 1.54) is 17.8 Å². The number of thioether (sulfide) groups is 1. The number of carboxylic acid groups (broad SMARTS) is 2. The van der Waals surface area contributed by atoms with E-state index in [9.17, 15) is 24.2 Å². The van der Waals surface area contributed by atoms with Crippen LogP contribution in [0.4, 0.5) is 4.39 Å². The first-order valence-corrected chi connectivity index (χ1v) is 8.50. The van der Waals surface area contributed by atoms with Crippen molar-refractivity contribution >= 4 is 23.7 Å². The van der Waals surface area contributed by atoms with Gasteiger partial charge in [-0.2, -0.15) is 0 Å². The lowest BCUT2D eigenvalue weighted by molar-refractivity contribution is -0.148. The van der Waals surface area contributed by atoms with Crippen LogP contribution in [0, 0.1) is 36.4 Å². The lowest BCUT2D eigenvalue weighted by Gasteiger charge is -2.32. The summed E-state index contributed by atoms with van der Waals surface area (Å²) in [6, 6.07) is 4.54. The third kappa shape index (κ3) is 2.40. The fourth-order valence-electron chi connectivity index (χ4n) is 3.92. The Kier molecular flexibility index (Phi) is 4.09. The van der Waals surface area contributed by atoms with Gasteiger partial charge in [0.15, 0.2) is 0 Å². The van der Waals surface area contributed by atoms with Crippen molar-refractivity contribution in [3.63, 3.8) is 0 Å². The largest absolute Gasteiger partial charge is 0.481 e. The Morgan fingerprint density at radius 1 is 1.38 bits per heavy atom. The van der Waals surface area contributed by atoms with E-state index in [1.54, 1.807) is 19.1 Å². The number of carboxylic acids is 2. The van der Waals surface area contributed by atoms with Gasteiger partial charge in [0.05, 0.1) is 12.0 Å². The summed E-state index contributed by atoms with van der Waals surface area (Å²) < 4.78 is 13.3. The fourth-order valence-corrected chi connectivity index (χ4v) is 5.19. The van der Waals surface area contributed by atoms with Gasteiger partial charge in [-0.25, -0.2) is 4.39 Å². The summed E-state index contributed by atoms with van der Waals surface area (Å²) in [5.41, 5.74) is 4.77. The van der Waals surface area contributed by atoms with E-state index >= 15 is 0 Å². The van der Waals surface area contributed by atoms with E-state index < -0.39 is 47.3 Å². The number of aliphatic hydroxyl groups is 1. The molecule has 0 radical (unpaired) electrons. The van der Waals surface area contributed by atoms with Crippen molar-refractivity contribution in [3.05, 3.63) is 29.6 Å². The maximum atomic E-state index is 13.3. The summed E-state index contributed by atoms with van der Waals surface area (Å²) in [7, 11) is 0. The Hall–Kier alpha value is -1.64. The van der Waals surface area contributed by atoms with Crippen LogP contribution in [0.3, 0.4) is 0 Å². The summed E-state index contributed by atoms with van der Waals surface area (Å²) in [4.78, 5) is 23.6. The van der Waals surface area contributed by atoms with Crippen LogP contribution in [0.15, 0.2) is 23.1 Å². The first kappa shape index (κ1) is 17.2. The van der Waals surface area contributed by atoms with Crippen LogP contribution in [-0.2, 0) is 9.59 Å². The van der Waals surface area contributed by atoms with Crippen LogP contribution in [0.2, 0.25) is 0 Å². The summed E-state index contributed by atoms with van der Waals surface area (Å²) in [5, 5.41) is 29.1. The molecular weight excluding hydrogens is 337 g/mol. The Bertz CT molecular complexity index is 714. The number of aryl methyl sites for hydroxylation is 1. The lowest BCUT2D eigenvalue weighted by atomic mass is 9.81. The first-order valence-electron chi connectivity index (χ1n) is 7.51. The molecule has 3 rings (SSSR count). The molecule has 6 atom stereocenters. The quantitative estimate of drug-likeness (QED) is 0.580. The average Bonchev–Trinajstić information content (AvgIpc) is 3.21. The summed E-state index contributed by atoms with van der Waals surface area (Å²) >= 11 is 1.28. The van der Waals surface area contributed by atoms with Crippen molar-refractivity contribution < 1.29 is 29.3 Å². The molecule has 2 saturated carbocycles. The summed E-state index contributed by atoms with van der Waals surface area (Å²) in [6.07, 6.45) is -1.08. The Morgan fingerprint density at radius 2 is 2.04 bits per heavy atom. The van der Waals surface area contributed by atoms with Crippen molar-refractivity contribution in [2.24, 2.45) is 29.4 Å². The molecule has 6 nitrogen and oxygen atoms in total. The van der Waals surface area contributed by atoms with Gasteiger partial charge >= 0.3 is 11.9 Å². The Morgan fingerprint density at radius 3 is 2.58 bits per heavy atom. The summed E-state index contributed by atoms with van der Waals surface area (Å²) in [6.45, 7) is 1.63. The second-order valence-corrected chi connectivity index (χ2v) is 7.62. The topological polar surface area (TPSA) is 121 Å². The molecule has 0 bridgehead atoms. The number of benzene rings is 1. The Labute approximate surface area is 141 Å². The average molecular weight is 355 g/mol. The first-order chi connectivity index (χ1) is 11.2. The van der Waals surface area contributed by atoms with Gasteiger partial charge in [-0.15, -0.1) is 11.8 Å². The highest BCUT2D eigenvalue weighted by Crippen LogP contribution is 2.64. The number of aliphatic carboxylic acids is 2. The molecular formula is C16H18FNO5S. The van der Waals surface area contributed by atoms with E-state index in [0.717, 1.165) is 4.90 Å². The molecule has 1 aromatic carbocycles. The van der Waals surface area contributed by atoms with Crippen molar-refractivity contribution in [2.75, 3.05) is 5.75 Å². The molecule has 0 saturated heterocycles. The lowest BCUT2D eigenvalue weighted by Crippen LogP contribution is -2.58. The molecule has 0 heterocycles. The van der Waals surface area contributed by atoms with Crippen LogP contribution in [0.1, 0.15) is 5.56 Å². The molecule has 0 amide bonds. The third-order valence-electron chi connectivity index (χ3n) is 5.26. The van der Waals surface area contributed by atoms with Gasteiger partial charge in [-0.3, -0.25) is 9.59 Å². The molecule has 8 heteroatoms. The van der Waals surface area contributed by atoms with E-state index in [1.807, 2.05) is 0 Å². The van der Waals surface area contributed by atoms with Crippen LogP contribution in [-0.4, -0.2) is 44.7 Å². The SMILES string of the molecule is Cc1cc(SCC2C(O)C3C(C(=O)O)C3C2(N)C(=O)O)ccc1F. The van der Waals surface area contributed by atoms with E-state index in [0.29, 0.717) is 5.56 Å². The van der Waals surface area contributed by atoms with Gasteiger partial charge in [0.1, 0.15) is 11.4 Å². The normalized spacial score (nSPS) is 37.1. The number of nitrogens with two attached hydrogens (primary N) is 1. The number of aliphatic hydroxyl groups excluding tert-OH is 1. The zero-order chi connectivity index (χ0) is 17.8. The number of fused-ring (bicyclic) bond motifs is 1. The molecule has 5 N–H and O–H groups in total. The van der Waals surface area contributed by atoms with Gasteiger partial charge in [0.25, 0.3) is 0 Å². The molecule has 24 heavy (non-hydrogen) atoms. The molecule has 130 valence electrons. The van der Waals surface area contributed by atoms with E-state index in [2.05, 4.69) is 0 Å². The van der Waals surface area contributed by atoms with Gasteiger partial charge in [-0.1, -0.05) is 0 Å². The minimum Gasteiger partial charge on any atom is -0.481 e. The molecule has 2 aliphatic rings. The number of halogens is 1. The maximum absolute atomic E-state index is 13.3. The van der Waals surface area contributed by atoms with Crippen LogP contribution in [0.25, 0.3) is 0 Å². The molecule has 2 fully saturated rings. The van der Waals surface area contributed by atoms with Gasteiger partial charge in [-0.05, 0) is 30.7 Å². The zero-order valence-electron chi connectivity index (χ0n) is 12.8. The highest BCUT2D eigenvalue weighted by atomic mass is 32.2. The van der Waals surface area contributed by atoms with Gasteiger partial charge < -0.3 is 21.1 Å². The molecule has 0 aliphatic heterocycles. The number of carbonyl (C=O) groups is 2. The van der Waals surface area contributed by atoms with Gasteiger partial charge in [0, 0.05) is 28.4 Å². The second-order valence-electron chi connectivity index (χ2n) is 6.52. The minimum atomic E-state index is -1.77. The van der Waals surface area contributed by atoms with Crippen molar-refractivity contribution in [3.8, 4) is 0 Å². The minimum absolute atomic E-state index is 0.217. The maximum Gasteiger partial charge on any atom is 0.324 e. The van der Waals surface area contributed by atoms with Crippen molar-refractivity contribution in [2.45, 2.75) is 23.5 Å². The molecule has 6 unspecified atom stereocenters. The number of rotatable bonds is 5. The molecule has 2 aliphatic carbocycles. The van der Waals surface area contributed by atoms with Crippen LogP contribution >= 0.6 is 11.8 Å². The van der Waals surface area contributed by atoms with Crippen molar-refractivity contribution in [1.29, 1.82) is 0 Å². The number of hydrogen-bond donors (Lipinski definition) is 4. The van der Waals surface area contributed by atoms with E-state index in [-0.39, 0.29) is 11.6 Å². The highest BCUT2D eigenvalue weighted by Gasteiger charge is 2.77. The number of hydrogen-bond acceptors (Lipinski definition) is 5. The van der Waals surface area contributed by atoms with E-state index in [4.69, 9.17) is 10.8 Å². The fraction of sp³-hybridized carbons (Fsp3) is 0.500. The summed E-state index contributed by atoms with van der Waals surface area (Å²) in [5.74, 6) is -5.59. The predicted molar refractivity (Wildman–Crippen MR) is 84.0 cm³/mol. The highest BCUT2D eigenvalue weighted by molar-refractivity contribution is 7.99. The van der Waals surface area contributed by atoms with Gasteiger partial charge in [0.2, 0.25) is 0 Å². The molecule has 1 aromatic rings. The van der Waals surface area contributed by atoms with Crippen molar-refractivity contribution in [1.82, 2.24) is 0 Å². The molecule has 0 aromatic heterocycles. The zero-order valence-corrected chi connectivity index (χ0v) is 13.7. The smallest absolute Gasteiger partial charge is 0.324 e. The third-order valence-corrected chi connectivity index (χ3v) is 6.37. The predicted octanol–water partition coefficient (Wildman–Crippen LogP) is 0.946. The monoisotopic (exact) mass is 355 g/mol. The van der Waals surface area contributed by atoms with Crippen LogP contribution in [0.5, 0.6) is 0 Å². The van der Waals surface area contributed by atoms with Crippen LogP contribution < -0.4 is 5.73 Å².